The van der Waals surface area contributed by atoms with Gasteiger partial charge in [0, 0.05) is 30.6 Å². The van der Waals surface area contributed by atoms with E-state index in [1.165, 1.54) is 13.1 Å². The van der Waals surface area contributed by atoms with Gasteiger partial charge in [0.1, 0.15) is 23.4 Å². The fraction of sp³-hybridized carbons (Fsp3) is 0.448. The lowest BCUT2D eigenvalue weighted by Gasteiger charge is -2.38. The number of sulfonamides is 2. The van der Waals surface area contributed by atoms with Crippen LogP contribution in [0.25, 0.3) is 10.4 Å². The summed E-state index contributed by atoms with van der Waals surface area (Å²) in [5, 5.41) is 15.8. The van der Waals surface area contributed by atoms with Gasteiger partial charge in [0.15, 0.2) is 0 Å². The summed E-state index contributed by atoms with van der Waals surface area (Å²) in [4.78, 5) is 1.39. The van der Waals surface area contributed by atoms with Gasteiger partial charge >= 0.3 is 0 Å². The van der Waals surface area contributed by atoms with Crippen molar-refractivity contribution in [2.24, 2.45) is 0 Å². The first-order valence-corrected chi connectivity index (χ1v) is 17.7. The van der Waals surface area contributed by atoms with Crippen LogP contribution < -0.4 is 14.8 Å². The fourth-order valence-electron chi connectivity index (χ4n) is 5.52. The van der Waals surface area contributed by atoms with E-state index >= 15 is 0 Å². The largest absolute Gasteiger partial charge is 0.489 e. The number of hydrogen-bond donors (Lipinski definition) is 3. The number of rotatable bonds is 11. The van der Waals surface area contributed by atoms with E-state index in [-0.39, 0.29) is 29.8 Å². The van der Waals surface area contributed by atoms with Crippen LogP contribution in [0.15, 0.2) is 69.8 Å². The predicted molar refractivity (Wildman–Crippen MR) is 162 cm³/mol. The van der Waals surface area contributed by atoms with Gasteiger partial charge in [-0.2, -0.15) is 4.31 Å². The Hall–Kier alpha value is -2.36. The van der Waals surface area contributed by atoms with Crippen molar-refractivity contribution in [3.63, 3.8) is 0 Å². The van der Waals surface area contributed by atoms with Gasteiger partial charge in [-0.3, -0.25) is 0 Å². The summed E-state index contributed by atoms with van der Waals surface area (Å²) in [6.45, 7) is 3.40. The Morgan fingerprint density at radius 1 is 1.12 bits per heavy atom. The minimum atomic E-state index is -3.69. The molecule has 2 aromatic carbocycles. The highest BCUT2D eigenvalue weighted by Crippen LogP contribution is 2.38. The first-order valence-electron chi connectivity index (χ1n) is 13.9. The number of ether oxygens (including phenoxy) is 2. The molecule has 1 aromatic heterocycles. The van der Waals surface area contributed by atoms with Crippen molar-refractivity contribution in [3.05, 3.63) is 65.5 Å². The summed E-state index contributed by atoms with van der Waals surface area (Å²) in [6.07, 6.45) is 1.03. The zero-order valence-corrected chi connectivity index (χ0v) is 26.1. The Balaban J connectivity index is 1.11. The molecule has 10 nitrogen and oxygen atoms in total. The van der Waals surface area contributed by atoms with Crippen LogP contribution in [0.4, 0.5) is 0 Å². The monoisotopic (exact) mass is 635 g/mol. The molecule has 2 atom stereocenters. The molecule has 2 aliphatic rings. The molecule has 1 unspecified atom stereocenters. The molecule has 2 fully saturated rings. The molecule has 0 saturated carbocycles. The molecule has 0 aliphatic carbocycles. The van der Waals surface area contributed by atoms with Crippen molar-refractivity contribution >= 4 is 31.4 Å². The van der Waals surface area contributed by atoms with Gasteiger partial charge in [-0.1, -0.05) is 24.3 Å². The molecule has 3 N–H and O–H groups in total. The first-order chi connectivity index (χ1) is 20.0. The number of benzene rings is 2. The summed E-state index contributed by atoms with van der Waals surface area (Å²) >= 11 is 1.60. The van der Waals surface area contributed by atoms with E-state index in [1.807, 2.05) is 24.4 Å². The van der Waals surface area contributed by atoms with E-state index in [0.29, 0.717) is 43.9 Å². The van der Waals surface area contributed by atoms with Crippen molar-refractivity contribution in [2.45, 2.75) is 53.7 Å². The van der Waals surface area contributed by atoms with Crippen molar-refractivity contribution in [2.75, 3.05) is 39.9 Å². The smallest absolute Gasteiger partial charge is 0.243 e. The maximum Gasteiger partial charge on any atom is 0.243 e. The Morgan fingerprint density at radius 2 is 1.88 bits per heavy atom. The number of hydrogen-bond acceptors (Lipinski definition) is 9. The number of nitrogens with one attached hydrogen (secondary N) is 2. The second-order valence-electron chi connectivity index (χ2n) is 10.8. The number of aliphatic hydroxyl groups excluding tert-OH is 1. The lowest BCUT2D eigenvalue weighted by molar-refractivity contribution is -0.0312. The van der Waals surface area contributed by atoms with Crippen molar-refractivity contribution in [1.29, 1.82) is 0 Å². The first kappa shape index (κ1) is 31.1. The summed E-state index contributed by atoms with van der Waals surface area (Å²) in [5.41, 5.74) is 1.63. The molecule has 42 heavy (non-hydrogen) atoms. The minimum absolute atomic E-state index is 0.00507. The molecular weight excluding hydrogens is 599 g/mol. The van der Waals surface area contributed by atoms with E-state index < -0.39 is 31.8 Å². The molecule has 0 radical (unpaired) electrons. The van der Waals surface area contributed by atoms with Gasteiger partial charge in [-0.25, -0.2) is 21.6 Å². The van der Waals surface area contributed by atoms with Crippen LogP contribution in [0.3, 0.4) is 0 Å². The molecule has 2 aliphatic heterocycles. The van der Waals surface area contributed by atoms with Crippen LogP contribution >= 0.6 is 11.3 Å². The van der Waals surface area contributed by atoms with E-state index in [2.05, 4.69) is 10.0 Å². The van der Waals surface area contributed by atoms with Crippen LogP contribution in [0.1, 0.15) is 24.8 Å². The lowest BCUT2D eigenvalue weighted by Crippen LogP contribution is -2.47. The van der Waals surface area contributed by atoms with Crippen LogP contribution in [0.2, 0.25) is 0 Å². The van der Waals surface area contributed by atoms with E-state index in [1.54, 1.807) is 52.0 Å². The third-order valence-corrected chi connectivity index (χ3v) is 12.3. The van der Waals surface area contributed by atoms with Gasteiger partial charge in [0.2, 0.25) is 20.0 Å². The van der Waals surface area contributed by atoms with E-state index in [9.17, 15) is 21.9 Å². The average Bonchev–Trinajstić information content (AvgIpc) is 3.61. The second kappa shape index (κ2) is 12.7. The summed E-state index contributed by atoms with van der Waals surface area (Å²) in [5.74, 6) is 0.170. The number of nitrogens with zero attached hydrogens (tertiary/aromatic N) is 1. The summed E-state index contributed by atoms with van der Waals surface area (Å²) in [6, 6.07) is 15.5. The van der Waals surface area contributed by atoms with Gasteiger partial charge < -0.3 is 19.9 Å². The highest BCUT2D eigenvalue weighted by molar-refractivity contribution is 7.89. The molecule has 228 valence electrons. The molecule has 13 heteroatoms. The molecule has 2 saturated heterocycles. The number of piperidine rings is 1. The van der Waals surface area contributed by atoms with Gasteiger partial charge in [0.05, 0.1) is 17.1 Å². The Labute approximate surface area is 251 Å². The summed E-state index contributed by atoms with van der Waals surface area (Å²) in [7, 11) is -6.00. The van der Waals surface area contributed by atoms with E-state index in [0.717, 1.165) is 16.0 Å². The highest BCUT2D eigenvalue weighted by Gasteiger charge is 2.44. The molecule has 5 rings (SSSR count). The van der Waals surface area contributed by atoms with Crippen LogP contribution in [-0.4, -0.2) is 83.9 Å². The lowest BCUT2D eigenvalue weighted by atomic mass is 9.88. The van der Waals surface area contributed by atoms with Gasteiger partial charge in [-0.15, -0.1) is 11.3 Å². The Kier molecular flexibility index (Phi) is 9.40. The SMILES string of the molecule is CNS(=O)(=O)c1ccccc1OC[C@@H](O)CNC1COC2(CCN(S(=O)(=O)c3cccc(-c4sccc4C)c3)CC2)C1. The molecule has 1 spiro atoms. The maximum atomic E-state index is 13.5. The quantitative estimate of drug-likeness (QED) is 0.293. The zero-order valence-electron chi connectivity index (χ0n) is 23.7. The molecule has 0 bridgehead atoms. The van der Waals surface area contributed by atoms with Crippen molar-refractivity contribution in [1.82, 2.24) is 14.3 Å². The van der Waals surface area contributed by atoms with Crippen LogP contribution in [0, 0.1) is 6.92 Å². The normalized spacial score (nSPS) is 20.1. The molecule has 0 amide bonds. The average molecular weight is 636 g/mol. The number of aliphatic hydroxyl groups is 1. The molecular formula is C29H37N3O7S3. The number of para-hydroxylation sites is 1. The minimum Gasteiger partial charge on any atom is -0.489 e. The molecule has 3 heterocycles. The van der Waals surface area contributed by atoms with Crippen LogP contribution in [0.5, 0.6) is 5.75 Å². The van der Waals surface area contributed by atoms with E-state index in [4.69, 9.17) is 9.47 Å². The molecule has 3 aromatic rings. The Morgan fingerprint density at radius 3 is 2.60 bits per heavy atom. The zero-order chi connectivity index (χ0) is 30.0. The maximum absolute atomic E-state index is 13.5. The number of aryl methyl sites for hydroxylation is 1. The van der Waals surface area contributed by atoms with Gasteiger partial charge in [-0.05, 0) is 80.1 Å². The topological polar surface area (TPSA) is 134 Å². The predicted octanol–water partition coefficient (Wildman–Crippen LogP) is 2.97. The third-order valence-electron chi connectivity index (χ3n) is 7.92. The second-order valence-corrected chi connectivity index (χ2v) is 15.5. The van der Waals surface area contributed by atoms with Gasteiger partial charge in [0.25, 0.3) is 0 Å². The standard InChI is InChI=1S/C29H37N3O7S3/c1-21-10-15-40-28(21)22-6-5-7-25(16-22)42(36,37)32-13-11-29(12-14-32)17-23(19-39-29)31-18-24(33)20-38-26-8-3-4-9-27(26)41(34,35)30-2/h3-10,15-16,23-24,30-31,33H,11-14,17-20H2,1-2H3/t23?,24-/m0/s1. The van der Waals surface area contributed by atoms with Crippen molar-refractivity contribution in [3.8, 4) is 16.2 Å². The third kappa shape index (κ3) is 6.73. The van der Waals surface area contributed by atoms with Crippen molar-refractivity contribution < 1.29 is 31.4 Å². The fourth-order valence-corrected chi connectivity index (χ4v) is 8.80. The Bertz CT molecular complexity index is 1600. The summed E-state index contributed by atoms with van der Waals surface area (Å²) < 4.78 is 67.1. The number of thiophene rings is 1. The van der Waals surface area contributed by atoms with Crippen LogP contribution in [-0.2, 0) is 24.8 Å². The highest BCUT2D eigenvalue weighted by atomic mass is 32.2.